The normalized spacial score (nSPS) is 13.9. The van der Waals surface area contributed by atoms with Gasteiger partial charge in [-0.05, 0) is 11.6 Å². The Morgan fingerprint density at radius 1 is 1.40 bits per heavy atom. The second-order valence-corrected chi connectivity index (χ2v) is 4.73. The number of aliphatic carboxylic acids is 1. The number of benzene rings is 1. The van der Waals surface area contributed by atoms with E-state index < -0.39 is 17.8 Å². The number of nitrogens with zero attached hydrogens (tertiary/aromatic N) is 2. The van der Waals surface area contributed by atoms with Crippen LogP contribution in [0.5, 0.6) is 0 Å². The van der Waals surface area contributed by atoms with Crippen LogP contribution in [0.2, 0.25) is 0 Å². The van der Waals surface area contributed by atoms with Gasteiger partial charge in [0.2, 0.25) is 5.89 Å². The Labute approximate surface area is 115 Å². The summed E-state index contributed by atoms with van der Waals surface area (Å²) in [6, 6.07) is 6.35. The van der Waals surface area contributed by atoms with Gasteiger partial charge in [0.25, 0.3) is 0 Å². The molecule has 1 heterocycles. The average Bonchev–Trinajstić information content (AvgIpc) is 2.88. The molecule has 0 aliphatic rings. The maximum Gasteiger partial charge on any atom is 0.307 e. The molecule has 2 atom stereocenters. The lowest BCUT2D eigenvalue weighted by atomic mass is 9.96. The Morgan fingerprint density at radius 3 is 2.75 bits per heavy atom. The topological polar surface area (TPSA) is 76.2 Å². The molecular weight excluding hydrogens is 263 g/mol. The molecule has 2 rings (SSSR count). The summed E-state index contributed by atoms with van der Waals surface area (Å²) in [7, 11) is 0. The lowest BCUT2D eigenvalue weighted by Crippen LogP contribution is -2.16. The summed E-state index contributed by atoms with van der Waals surface area (Å²) in [6.07, 6.45) is 0.213. The molecule has 6 heteroatoms. The number of carbonyl (C=O) groups is 1. The molecule has 0 saturated heterocycles. The van der Waals surface area contributed by atoms with Gasteiger partial charge in [-0.3, -0.25) is 4.79 Å². The Morgan fingerprint density at radius 2 is 2.10 bits per heavy atom. The van der Waals surface area contributed by atoms with E-state index in [1.807, 2.05) is 0 Å². The number of halogens is 1. The molecular formula is C14H15FN2O3. The van der Waals surface area contributed by atoms with Crippen LogP contribution in [0.3, 0.4) is 0 Å². The van der Waals surface area contributed by atoms with E-state index in [0.29, 0.717) is 11.4 Å². The molecule has 1 aromatic carbocycles. The van der Waals surface area contributed by atoms with Gasteiger partial charge in [0.05, 0.1) is 5.92 Å². The third-order valence-corrected chi connectivity index (χ3v) is 3.32. The number of carboxylic acids is 1. The van der Waals surface area contributed by atoms with Gasteiger partial charge in [-0.1, -0.05) is 37.2 Å². The molecule has 1 aromatic heterocycles. The third-order valence-electron chi connectivity index (χ3n) is 3.32. The summed E-state index contributed by atoms with van der Waals surface area (Å²) in [5.74, 6) is -1.68. The number of hydrogen-bond donors (Lipinski definition) is 1. The Balaban J connectivity index is 2.13. The maximum atomic E-state index is 13.5. The molecule has 0 amide bonds. The first kappa shape index (κ1) is 14.2. The van der Waals surface area contributed by atoms with E-state index in [-0.39, 0.29) is 18.1 Å². The number of rotatable bonds is 5. The van der Waals surface area contributed by atoms with E-state index in [2.05, 4.69) is 10.1 Å². The smallest absolute Gasteiger partial charge is 0.307 e. The molecule has 0 spiro atoms. The van der Waals surface area contributed by atoms with Gasteiger partial charge in [-0.25, -0.2) is 4.39 Å². The Kier molecular flexibility index (Phi) is 4.12. The van der Waals surface area contributed by atoms with E-state index >= 15 is 0 Å². The summed E-state index contributed by atoms with van der Waals surface area (Å²) < 4.78 is 18.6. The van der Waals surface area contributed by atoms with Crippen LogP contribution in [-0.2, 0) is 11.2 Å². The Bertz CT molecular complexity index is 612. The van der Waals surface area contributed by atoms with Crippen molar-refractivity contribution in [1.82, 2.24) is 10.1 Å². The van der Waals surface area contributed by atoms with Crippen molar-refractivity contribution >= 4 is 5.97 Å². The zero-order valence-electron chi connectivity index (χ0n) is 11.2. The summed E-state index contributed by atoms with van der Waals surface area (Å²) in [6.45, 7) is 3.28. The highest BCUT2D eigenvalue weighted by Gasteiger charge is 2.26. The fourth-order valence-corrected chi connectivity index (χ4v) is 1.76. The predicted molar refractivity (Wildman–Crippen MR) is 68.7 cm³/mol. The summed E-state index contributed by atoms with van der Waals surface area (Å²) >= 11 is 0. The van der Waals surface area contributed by atoms with Gasteiger partial charge >= 0.3 is 5.97 Å². The molecule has 1 N–H and O–H groups in total. The SMILES string of the molecule is CC(C(=O)O)C(C)c1nc(Cc2ccccc2F)no1. The second kappa shape index (κ2) is 5.81. The van der Waals surface area contributed by atoms with E-state index in [4.69, 9.17) is 9.63 Å². The molecule has 0 aliphatic heterocycles. The zero-order chi connectivity index (χ0) is 14.7. The van der Waals surface area contributed by atoms with Crippen molar-refractivity contribution in [2.45, 2.75) is 26.2 Å². The van der Waals surface area contributed by atoms with Crippen LogP contribution in [0.1, 0.15) is 37.0 Å². The van der Waals surface area contributed by atoms with Crippen molar-refractivity contribution < 1.29 is 18.8 Å². The van der Waals surface area contributed by atoms with Crippen LogP contribution in [0.4, 0.5) is 4.39 Å². The van der Waals surface area contributed by atoms with E-state index in [0.717, 1.165) is 0 Å². The summed E-state index contributed by atoms with van der Waals surface area (Å²) in [5, 5.41) is 12.7. The van der Waals surface area contributed by atoms with E-state index in [9.17, 15) is 9.18 Å². The standard InChI is InChI=1S/C14H15FN2O3/c1-8(9(2)14(18)19)13-16-12(17-20-13)7-10-5-3-4-6-11(10)15/h3-6,8-9H,7H2,1-2H3,(H,18,19). The van der Waals surface area contributed by atoms with Crippen LogP contribution in [-0.4, -0.2) is 21.2 Å². The molecule has 0 fully saturated rings. The molecule has 2 aromatic rings. The number of carboxylic acid groups (broad SMARTS) is 1. The van der Waals surface area contributed by atoms with Crippen molar-refractivity contribution in [2.24, 2.45) is 5.92 Å². The van der Waals surface area contributed by atoms with Crippen molar-refractivity contribution in [3.05, 3.63) is 47.4 Å². The molecule has 0 bridgehead atoms. The largest absolute Gasteiger partial charge is 0.481 e. The van der Waals surface area contributed by atoms with Crippen molar-refractivity contribution in [1.29, 1.82) is 0 Å². The summed E-state index contributed by atoms with van der Waals surface area (Å²) in [4.78, 5) is 15.1. The lowest BCUT2D eigenvalue weighted by molar-refractivity contribution is -0.141. The molecule has 20 heavy (non-hydrogen) atoms. The van der Waals surface area contributed by atoms with Crippen LogP contribution in [0, 0.1) is 11.7 Å². The summed E-state index contributed by atoms with van der Waals surface area (Å²) in [5.41, 5.74) is 0.471. The monoisotopic (exact) mass is 278 g/mol. The first-order chi connectivity index (χ1) is 9.49. The first-order valence-electron chi connectivity index (χ1n) is 6.27. The molecule has 106 valence electrons. The highest BCUT2D eigenvalue weighted by atomic mass is 19.1. The van der Waals surface area contributed by atoms with Gasteiger partial charge in [-0.2, -0.15) is 4.98 Å². The number of hydrogen-bond acceptors (Lipinski definition) is 4. The zero-order valence-corrected chi connectivity index (χ0v) is 11.2. The molecule has 0 radical (unpaired) electrons. The second-order valence-electron chi connectivity index (χ2n) is 4.73. The molecule has 0 aliphatic carbocycles. The minimum Gasteiger partial charge on any atom is -0.481 e. The van der Waals surface area contributed by atoms with Crippen LogP contribution >= 0.6 is 0 Å². The lowest BCUT2D eigenvalue weighted by Gasteiger charge is -2.10. The van der Waals surface area contributed by atoms with Gasteiger partial charge < -0.3 is 9.63 Å². The maximum absolute atomic E-state index is 13.5. The third kappa shape index (κ3) is 3.01. The van der Waals surface area contributed by atoms with Crippen molar-refractivity contribution in [3.63, 3.8) is 0 Å². The van der Waals surface area contributed by atoms with E-state index in [1.54, 1.807) is 32.0 Å². The van der Waals surface area contributed by atoms with E-state index in [1.165, 1.54) is 6.07 Å². The first-order valence-corrected chi connectivity index (χ1v) is 6.27. The molecule has 5 nitrogen and oxygen atoms in total. The Hall–Kier alpha value is -2.24. The highest BCUT2D eigenvalue weighted by molar-refractivity contribution is 5.70. The van der Waals surface area contributed by atoms with Gasteiger partial charge in [0, 0.05) is 12.3 Å². The van der Waals surface area contributed by atoms with Crippen LogP contribution in [0.15, 0.2) is 28.8 Å². The van der Waals surface area contributed by atoms with Gasteiger partial charge in [-0.15, -0.1) is 0 Å². The average molecular weight is 278 g/mol. The van der Waals surface area contributed by atoms with Crippen LogP contribution in [0.25, 0.3) is 0 Å². The highest BCUT2D eigenvalue weighted by Crippen LogP contribution is 2.23. The van der Waals surface area contributed by atoms with Crippen LogP contribution < -0.4 is 0 Å². The number of aromatic nitrogens is 2. The van der Waals surface area contributed by atoms with Gasteiger partial charge in [0.1, 0.15) is 5.82 Å². The minimum absolute atomic E-state index is 0.213. The van der Waals surface area contributed by atoms with Crippen molar-refractivity contribution in [3.8, 4) is 0 Å². The van der Waals surface area contributed by atoms with Crippen molar-refractivity contribution in [2.75, 3.05) is 0 Å². The fourth-order valence-electron chi connectivity index (χ4n) is 1.76. The minimum atomic E-state index is -0.925. The quantitative estimate of drug-likeness (QED) is 0.909. The van der Waals surface area contributed by atoms with Gasteiger partial charge in [0.15, 0.2) is 5.82 Å². The molecule has 2 unspecified atom stereocenters. The molecule has 0 saturated carbocycles. The predicted octanol–water partition coefficient (Wildman–Crippen LogP) is 2.62. The fraction of sp³-hybridized carbons (Fsp3) is 0.357.